The zero-order valence-electron chi connectivity index (χ0n) is 16.0. The van der Waals surface area contributed by atoms with E-state index < -0.39 is 21.7 Å². The molecule has 8 heteroatoms. The molecule has 0 unspecified atom stereocenters. The molecule has 2 aromatic carbocycles. The van der Waals surface area contributed by atoms with Gasteiger partial charge in [0.1, 0.15) is 11.5 Å². The fraction of sp³-hybridized carbons (Fsp3) is 0.350. The number of sulfone groups is 1. The first-order valence-electron chi connectivity index (χ1n) is 8.79. The summed E-state index contributed by atoms with van der Waals surface area (Å²) >= 11 is 0. The standard InChI is InChI=1S/C20H23NO6S/c1-20(2)21(19(22)23)15(13-27-20)12-14-4-8-17(9-5-14)28(24,25)18-10-6-16(26-3)7-11-18/h4-11,15H,12-13H2,1-3H3,(H,22,23)/t15-/m0/s1. The predicted molar refractivity (Wildman–Crippen MR) is 102 cm³/mol. The van der Waals surface area contributed by atoms with E-state index in [2.05, 4.69) is 0 Å². The topological polar surface area (TPSA) is 93.1 Å². The molecule has 7 nitrogen and oxygen atoms in total. The van der Waals surface area contributed by atoms with Crippen LogP contribution in [0.25, 0.3) is 0 Å². The van der Waals surface area contributed by atoms with Crippen molar-refractivity contribution >= 4 is 15.9 Å². The van der Waals surface area contributed by atoms with Crippen molar-refractivity contribution in [3.8, 4) is 5.75 Å². The van der Waals surface area contributed by atoms with Gasteiger partial charge in [0.25, 0.3) is 0 Å². The Morgan fingerprint density at radius 3 is 2.18 bits per heavy atom. The Hall–Kier alpha value is -2.58. The molecule has 0 aliphatic carbocycles. The highest BCUT2D eigenvalue weighted by molar-refractivity contribution is 7.91. The first-order chi connectivity index (χ1) is 13.1. The number of hydrogen-bond donors (Lipinski definition) is 1. The van der Waals surface area contributed by atoms with Crippen LogP contribution in [-0.2, 0) is 21.0 Å². The van der Waals surface area contributed by atoms with Gasteiger partial charge in [-0.1, -0.05) is 12.1 Å². The van der Waals surface area contributed by atoms with Gasteiger partial charge in [-0.2, -0.15) is 0 Å². The molecule has 3 rings (SSSR count). The van der Waals surface area contributed by atoms with Gasteiger partial charge in [0.05, 0.1) is 29.5 Å². The van der Waals surface area contributed by atoms with Gasteiger partial charge < -0.3 is 14.6 Å². The van der Waals surface area contributed by atoms with Crippen LogP contribution in [0.5, 0.6) is 5.75 Å². The highest BCUT2D eigenvalue weighted by Crippen LogP contribution is 2.30. The molecule has 0 saturated carbocycles. The zero-order chi connectivity index (χ0) is 20.5. The van der Waals surface area contributed by atoms with Crippen molar-refractivity contribution < 1.29 is 27.8 Å². The first-order valence-corrected chi connectivity index (χ1v) is 10.3. The highest BCUT2D eigenvalue weighted by atomic mass is 32.2. The van der Waals surface area contributed by atoms with Gasteiger partial charge in [-0.3, -0.25) is 4.90 Å². The van der Waals surface area contributed by atoms with Crippen LogP contribution in [0.1, 0.15) is 19.4 Å². The third kappa shape index (κ3) is 3.83. The fourth-order valence-corrected chi connectivity index (χ4v) is 4.65. The van der Waals surface area contributed by atoms with Gasteiger partial charge in [0.2, 0.25) is 9.84 Å². The van der Waals surface area contributed by atoms with Crippen molar-refractivity contribution in [1.82, 2.24) is 4.90 Å². The Labute approximate surface area is 164 Å². The number of rotatable bonds is 5. The average molecular weight is 405 g/mol. The lowest BCUT2D eigenvalue weighted by atomic mass is 10.1. The molecule has 0 radical (unpaired) electrons. The molecule has 28 heavy (non-hydrogen) atoms. The summed E-state index contributed by atoms with van der Waals surface area (Å²) in [5.74, 6) is 0.582. The van der Waals surface area contributed by atoms with E-state index in [0.29, 0.717) is 18.8 Å². The maximum atomic E-state index is 12.8. The normalized spacial score (nSPS) is 18.8. The SMILES string of the molecule is COc1ccc(S(=O)(=O)c2ccc(C[C@H]3COC(C)(C)N3C(=O)O)cc2)cc1. The van der Waals surface area contributed by atoms with Gasteiger partial charge in [-0.25, -0.2) is 13.2 Å². The van der Waals surface area contributed by atoms with Gasteiger partial charge in [-0.15, -0.1) is 0 Å². The molecule has 150 valence electrons. The molecule has 1 amide bonds. The van der Waals surface area contributed by atoms with Crippen LogP contribution >= 0.6 is 0 Å². The van der Waals surface area contributed by atoms with Gasteiger partial charge in [0.15, 0.2) is 0 Å². The number of carboxylic acid groups (broad SMARTS) is 1. The Balaban J connectivity index is 1.78. The van der Waals surface area contributed by atoms with Crippen molar-refractivity contribution in [2.45, 2.75) is 41.8 Å². The molecule has 1 heterocycles. The maximum absolute atomic E-state index is 12.8. The molecule has 0 bridgehead atoms. The Bertz CT molecular complexity index is 951. The van der Waals surface area contributed by atoms with E-state index >= 15 is 0 Å². The van der Waals surface area contributed by atoms with E-state index in [1.165, 1.54) is 24.1 Å². The van der Waals surface area contributed by atoms with Gasteiger partial charge >= 0.3 is 6.09 Å². The van der Waals surface area contributed by atoms with Crippen molar-refractivity contribution in [1.29, 1.82) is 0 Å². The van der Waals surface area contributed by atoms with Crippen LogP contribution in [0.4, 0.5) is 4.79 Å². The molecule has 1 atom stereocenters. The fourth-order valence-electron chi connectivity index (χ4n) is 3.39. The predicted octanol–water partition coefficient (Wildman–Crippen LogP) is 3.19. The average Bonchev–Trinajstić information content (AvgIpc) is 2.96. The molecule has 1 aliphatic rings. The molecule has 2 aromatic rings. The third-order valence-electron chi connectivity index (χ3n) is 4.86. The summed E-state index contributed by atoms with van der Waals surface area (Å²) in [6, 6.07) is 12.4. The molecular formula is C20H23NO6S. The summed E-state index contributed by atoms with van der Waals surface area (Å²) in [4.78, 5) is 13.2. The molecule has 0 aromatic heterocycles. The minimum absolute atomic E-state index is 0.180. The van der Waals surface area contributed by atoms with E-state index in [4.69, 9.17) is 9.47 Å². The van der Waals surface area contributed by atoms with Crippen molar-refractivity contribution in [2.24, 2.45) is 0 Å². The summed E-state index contributed by atoms with van der Waals surface area (Å²) in [5, 5.41) is 9.47. The molecule has 1 aliphatic heterocycles. The summed E-state index contributed by atoms with van der Waals surface area (Å²) in [5.41, 5.74) is -0.0417. The van der Waals surface area contributed by atoms with Crippen LogP contribution in [0, 0.1) is 0 Å². The second kappa shape index (κ2) is 7.44. The molecule has 0 spiro atoms. The smallest absolute Gasteiger partial charge is 0.409 e. The van der Waals surface area contributed by atoms with E-state index in [1.807, 2.05) is 0 Å². The minimum atomic E-state index is -3.64. The third-order valence-corrected chi connectivity index (χ3v) is 6.64. The lowest BCUT2D eigenvalue weighted by molar-refractivity contribution is -0.0419. The van der Waals surface area contributed by atoms with E-state index in [9.17, 15) is 18.3 Å². The molecule has 1 fully saturated rings. The number of hydrogen-bond acceptors (Lipinski definition) is 5. The van der Waals surface area contributed by atoms with Crippen LogP contribution in [0.2, 0.25) is 0 Å². The van der Waals surface area contributed by atoms with E-state index in [0.717, 1.165) is 5.56 Å². The van der Waals surface area contributed by atoms with Gasteiger partial charge in [0, 0.05) is 0 Å². The largest absolute Gasteiger partial charge is 0.497 e. The second-order valence-electron chi connectivity index (χ2n) is 7.09. The number of carbonyl (C=O) groups is 1. The number of amides is 1. The molecule has 1 N–H and O–H groups in total. The number of nitrogens with zero attached hydrogens (tertiary/aromatic N) is 1. The van der Waals surface area contributed by atoms with Crippen molar-refractivity contribution in [3.63, 3.8) is 0 Å². The van der Waals surface area contributed by atoms with Crippen LogP contribution in [-0.4, -0.2) is 50.0 Å². The first kappa shape index (κ1) is 20.2. The van der Waals surface area contributed by atoms with E-state index in [1.54, 1.807) is 50.2 Å². The Morgan fingerprint density at radius 2 is 1.68 bits per heavy atom. The van der Waals surface area contributed by atoms with Crippen LogP contribution < -0.4 is 4.74 Å². The monoisotopic (exact) mass is 405 g/mol. The number of ether oxygens (including phenoxy) is 2. The highest BCUT2D eigenvalue weighted by Gasteiger charge is 2.43. The second-order valence-corrected chi connectivity index (χ2v) is 9.04. The molecule has 1 saturated heterocycles. The number of methoxy groups -OCH3 is 1. The zero-order valence-corrected chi connectivity index (χ0v) is 16.8. The van der Waals surface area contributed by atoms with E-state index in [-0.39, 0.29) is 15.8 Å². The summed E-state index contributed by atoms with van der Waals surface area (Å²) in [7, 11) is -2.12. The summed E-state index contributed by atoms with van der Waals surface area (Å²) in [6.07, 6.45) is -0.593. The lowest BCUT2D eigenvalue weighted by Crippen LogP contribution is -2.47. The summed E-state index contributed by atoms with van der Waals surface area (Å²) in [6.45, 7) is 3.72. The van der Waals surface area contributed by atoms with Crippen molar-refractivity contribution in [2.75, 3.05) is 13.7 Å². The van der Waals surface area contributed by atoms with Crippen LogP contribution in [0.15, 0.2) is 58.3 Å². The quantitative estimate of drug-likeness (QED) is 0.821. The lowest BCUT2D eigenvalue weighted by Gasteiger charge is -2.31. The number of benzene rings is 2. The minimum Gasteiger partial charge on any atom is -0.497 e. The Morgan fingerprint density at radius 1 is 1.14 bits per heavy atom. The summed E-state index contributed by atoms with van der Waals surface area (Å²) < 4.78 is 36.2. The molecular weight excluding hydrogens is 382 g/mol. The van der Waals surface area contributed by atoms with Gasteiger partial charge in [-0.05, 0) is 62.2 Å². The Kier molecular flexibility index (Phi) is 5.36. The maximum Gasteiger partial charge on any atom is 0.409 e. The van der Waals surface area contributed by atoms with Crippen LogP contribution in [0.3, 0.4) is 0 Å². The van der Waals surface area contributed by atoms with Crippen molar-refractivity contribution in [3.05, 3.63) is 54.1 Å².